The zero-order valence-corrected chi connectivity index (χ0v) is 11.7. The van der Waals surface area contributed by atoms with Crippen LogP contribution in [0.2, 0.25) is 0 Å². The molecule has 0 heterocycles. The van der Waals surface area contributed by atoms with Gasteiger partial charge in [-0.2, -0.15) is 0 Å². The summed E-state index contributed by atoms with van der Waals surface area (Å²) in [5.41, 5.74) is 7.02. The molecule has 18 heavy (non-hydrogen) atoms. The summed E-state index contributed by atoms with van der Waals surface area (Å²) in [7, 11) is 0. The van der Waals surface area contributed by atoms with Crippen molar-refractivity contribution in [3.63, 3.8) is 0 Å². The number of benzene rings is 1. The van der Waals surface area contributed by atoms with Gasteiger partial charge in [0.25, 0.3) is 0 Å². The molecule has 0 radical (unpaired) electrons. The number of hydrogen-bond donors (Lipinski definition) is 2. The zero-order chi connectivity index (χ0) is 13.7. The average molecular weight is 314 g/mol. The minimum atomic E-state index is -0.931. The average Bonchev–Trinajstić information content (AvgIpc) is 2.28. The van der Waals surface area contributed by atoms with Gasteiger partial charge in [0, 0.05) is 6.54 Å². The van der Waals surface area contributed by atoms with Crippen LogP contribution in [0.15, 0.2) is 34.8 Å². The Morgan fingerprint density at radius 2 is 2.28 bits per heavy atom. The van der Waals surface area contributed by atoms with Crippen LogP contribution in [-0.2, 0) is 4.79 Å². The van der Waals surface area contributed by atoms with E-state index in [-0.39, 0.29) is 6.54 Å². The number of carbonyl (C=O) groups is 1. The summed E-state index contributed by atoms with van der Waals surface area (Å²) in [5, 5.41) is 9.02. The van der Waals surface area contributed by atoms with E-state index >= 15 is 0 Å². The molecule has 0 amide bonds. The maximum absolute atomic E-state index is 11.0. The van der Waals surface area contributed by atoms with Gasteiger partial charge in [0.2, 0.25) is 0 Å². The molecule has 0 saturated heterocycles. The SMILES string of the molecule is C=C(C)COc1ccc(C(CN)C(=O)O)cc1Br. The third-order valence-corrected chi connectivity index (χ3v) is 2.99. The van der Waals surface area contributed by atoms with Crippen molar-refractivity contribution in [1.82, 2.24) is 0 Å². The fourth-order valence-corrected chi connectivity index (χ4v) is 1.94. The Morgan fingerprint density at radius 1 is 1.61 bits per heavy atom. The molecule has 4 nitrogen and oxygen atoms in total. The van der Waals surface area contributed by atoms with Crippen molar-refractivity contribution in [2.45, 2.75) is 12.8 Å². The fourth-order valence-electron chi connectivity index (χ4n) is 1.43. The summed E-state index contributed by atoms with van der Waals surface area (Å²) >= 11 is 3.36. The molecule has 0 aromatic heterocycles. The third kappa shape index (κ3) is 3.85. The van der Waals surface area contributed by atoms with E-state index in [0.717, 1.165) is 5.57 Å². The van der Waals surface area contributed by atoms with Gasteiger partial charge >= 0.3 is 5.97 Å². The van der Waals surface area contributed by atoms with Gasteiger partial charge in [-0.15, -0.1) is 0 Å². The van der Waals surface area contributed by atoms with Gasteiger partial charge in [0.15, 0.2) is 0 Å². The fraction of sp³-hybridized carbons (Fsp3) is 0.308. The van der Waals surface area contributed by atoms with Gasteiger partial charge in [-0.25, -0.2) is 0 Å². The Kier molecular flexibility index (Phi) is 5.37. The second-order valence-corrected chi connectivity index (χ2v) is 4.92. The van der Waals surface area contributed by atoms with Crippen molar-refractivity contribution in [3.8, 4) is 5.75 Å². The van der Waals surface area contributed by atoms with E-state index in [1.165, 1.54) is 0 Å². The number of rotatable bonds is 6. The Labute approximate surface area is 115 Å². The summed E-state index contributed by atoms with van der Waals surface area (Å²) in [4.78, 5) is 11.0. The molecule has 0 aliphatic rings. The smallest absolute Gasteiger partial charge is 0.312 e. The molecule has 0 saturated carbocycles. The van der Waals surface area contributed by atoms with Crippen LogP contribution in [0.1, 0.15) is 18.4 Å². The van der Waals surface area contributed by atoms with Crippen molar-refractivity contribution in [2.75, 3.05) is 13.2 Å². The molecule has 1 unspecified atom stereocenters. The van der Waals surface area contributed by atoms with E-state index in [0.29, 0.717) is 22.4 Å². The van der Waals surface area contributed by atoms with Crippen molar-refractivity contribution < 1.29 is 14.6 Å². The van der Waals surface area contributed by atoms with Gasteiger partial charge < -0.3 is 15.6 Å². The van der Waals surface area contributed by atoms with E-state index < -0.39 is 11.9 Å². The lowest BCUT2D eigenvalue weighted by molar-refractivity contribution is -0.138. The van der Waals surface area contributed by atoms with Crippen LogP contribution in [-0.4, -0.2) is 24.2 Å². The summed E-state index contributed by atoms with van der Waals surface area (Å²) in [6.07, 6.45) is 0. The van der Waals surface area contributed by atoms with Crippen molar-refractivity contribution in [3.05, 3.63) is 40.4 Å². The van der Waals surface area contributed by atoms with Gasteiger partial charge in [-0.3, -0.25) is 4.79 Å². The summed E-state index contributed by atoms with van der Waals surface area (Å²) in [6, 6.07) is 5.16. The molecule has 0 fully saturated rings. The molecular weight excluding hydrogens is 298 g/mol. The minimum absolute atomic E-state index is 0.0632. The minimum Gasteiger partial charge on any atom is -0.488 e. The normalized spacial score (nSPS) is 11.9. The summed E-state index contributed by atoms with van der Waals surface area (Å²) in [5.74, 6) is -0.973. The molecule has 0 spiro atoms. The molecule has 1 atom stereocenters. The highest BCUT2D eigenvalue weighted by molar-refractivity contribution is 9.10. The first-order valence-corrected chi connectivity index (χ1v) is 6.24. The molecule has 98 valence electrons. The first-order valence-electron chi connectivity index (χ1n) is 5.45. The molecule has 1 aromatic carbocycles. The lowest BCUT2D eigenvalue weighted by Gasteiger charge is -2.13. The van der Waals surface area contributed by atoms with E-state index in [4.69, 9.17) is 15.6 Å². The van der Waals surface area contributed by atoms with Crippen molar-refractivity contribution in [1.29, 1.82) is 0 Å². The highest BCUT2D eigenvalue weighted by Crippen LogP contribution is 2.29. The standard InChI is InChI=1S/C13H16BrNO3/c1-8(2)7-18-12-4-3-9(5-11(12)14)10(6-15)13(16)17/h3-5,10H,1,6-7,15H2,2H3,(H,16,17). The first-order chi connectivity index (χ1) is 8.45. The van der Waals surface area contributed by atoms with E-state index in [2.05, 4.69) is 22.5 Å². The van der Waals surface area contributed by atoms with Crippen LogP contribution in [0.4, 0.5) is 0 Å². The van der Waals surface area contributed by atoms with Gasteiger partial charge in [-0.05, 0) is 46.1 Å². The Bertz CT molecular complexity index is 460. The molecule has 5 heteroatoms. The Hall–Kier alpha value is -1.33. The zero-order valence-electron chi connectivity index (χ0n) is 10.1. The number of carboxylic acid groups (broad SMARTS) is 1. The highest BCUT2D eigenvalue weighted by atomic mass is 79.9. The van der Waals surface area contributed by atoms with Crippen molar-refractivity contribution >= 4 is 21.9 Å². The lowest BCUT2D eigenvalue weighted by Crippen LogP contribution is -2.21. The third-order valence-electron chi connectivity index (χ3n) is 2.37. The summed E-state index contributed by atoms with van der Waals surface area (Å²) in [6.45, 7) is 6.11. The van der Waals surface area contributed by atoms with Crippen LogP contribution in [0.5, 0.6) is 5.75 Å². The number of hydrogen-bond acceptors (Lipinski definition) is 3. The van der Waals surface area contributed by atoms with Crippen molar-refractivity contribution in [2.24, 2.45) is 5.73 Å². The number of halogens is 1. The summed E-state index contributed by atoms with van der Waals surface area (Å²) < 4.78 is 6.21. The quantitative estimate of drug-likeness (QED) is 0.792. The maximum Gasteiger partial charge on any atom is 0.312 e. The van der Waals surface area contributed by atoms with E-state index in [9.17, 15) is 4.79 Å². The van der Waals surface area contributed by atoms with Gasteiger partial charge in [-0.1, -0.05) is 12.6 Å². The molecular formula is C13H16BrNO3. The first kappa shape index (κ1) is 14.7. The number of aliphatic carboxylic acids is 1. The van der Waals surface area contributed by atoms with Gasteiger partial charge in [0.05, 0.1) is 10.4 Å². The number of nitrogens with two attached hydrogens (primary N) is 1. The largest absolute Gasteiger partial charge is 0.488 e. The molecule has 3 N–H and O–H groups in total. The monoisotopic (exact) mass is 313 g/mol. The predicted octanol–water partition coefficient (Wildman–Crippen LogP) is 2.53. The van der Waals surface area contributed by atoms with Crippen LogP contribution in [0, 0.1) is 0 Å². The molecule has 0 bridgehead atoms. The van der Waals surface area contributed by atoms with E-state index in [1.54, 1.807) is 18.2 Å². The molecule has 1 aromatic rings. The van der Waals surface area contributed by atoms with Crippen LogP contribution >= 0.6 is 15.9 Å². The second-order valence-electron chi connectivity index (χ2n) is 4.06. The van der Waals surface area contributed by atoms with Crippen LogP contribution in [0.3, 0.4) is 0 Å². The Balaban J connectivity index is 2.90. The topological polar surface area (TPSA) is 72.5 Å². The second kappa shape index (κ2) is 6.56. The van der Waals surface area contributed by atoms with Gasteiger partial charge in [0.1, 0.15) is 12.4 Å². The van der Waals surface area contributed by atoms with Crippen LogP contribution in [0.25, 0.3) is 0 Å². The number of ether oxygens (including phenoxy) is 1. The molecule has 0 aliphatic heterocycles. The Morgan fingerprint density at radius 3 is 2.72 bits per heavy atom. The van der Waals surface area contributed by atoms with Crippen LogP contribution < -0.4 is 10.5 Å². The predicted molar refractivity (Wildman–Crippen MR) is 73.9 cm³/mol. The molecule has 0 aliphatic carbocycles. The molecule has 1 rings (SSSR count). The van der Waals surface area contributed by atoms with E-state index in [1.807, 2.05) is 6.92 Å². The number of carboxylic acids is 1. The maximum atomic E-state index is 11.0. The highest BCUT2D eigenvalue weighted by Gasteiger charge is 2.18. The lowest BCUT2D eigenvalue weighted by atomic mass is 9.99.